The van der Waals surface area contributed by atoms with Gasteiger partial charge in [0.25, 0.3) is 5.91 Å². The van der Waals surface area contributed by atoms with E-state index in [0.717, 1.165) is 11.1 Å². The predicted octanol–water partition coefficient (Wildman–Crippen LogP) is 2.96. The Bertz CT molecular complexity index is 1070. The van der Waals surface area contributed by atoms with Crippen molar-refractivity contribution in [2.45, 2.75) is 57.8 Å². The fourth-order valence-electron chi connectivity index (χ4n) is 4.56. The zero-order valence-corrected chi connectivity index (χ0v) is 23.1. The smallest absolute Gasteiger partial charge is 0.407 e. The molecule has 1 unspecified atom stereocenters. The van der Waals surface area contributed by atoms with E-state index >= 15 is 0 Å². The van der Waals surface area contributed by atoms with Crippen molar-refractivity contribution in [2.75, 3.05) is 26.3 Å². The molecule has 2 aromatic rings. The van der Waals surface area contributed by atoms with Gasteiger partial charge in [0.1, 0.15) is 5.60 Å². The van der Waals surface area contributed by atoms with Crippen LogP contribution >= 0.6 is 0 Å². The van der Waals surface area contributed by atoms with Crippen molar-refractivity contribution in [1.82, 2.24) is 16.0 Å². The van der Waals surface area contributed by atoms with E-state index in [-0.39, 0.29) is 37.9 Å². The van der Waals surface area contributed by atoms with Crippen LogP contribution in [0.15, 0.2) is 60.7 Å². The van der Waals surface area contributed by atoms with Gasteiger partial charge in [-0.2, -0.15) is 0 Å². The monoisotopic (exact) mass is 539 g/mol. The summed E-state index contributed by atoms with van der Waals surface area (Å²) in [6.45, 7) is 6.40. The predicted molar refractivity (Wildman–Crippen MR) is 148 cm³/mol. The van der Waals surface area contributed by atoms with Gasteiger partial charge in [0.15, 0.2) is 5.60 Å². The lowest BCUT2D eigenvalue weighted by Gasteiger charge is -2.32. The van der Waals surface area contributed by atoms with Crippen LogP contribution < -0.4 is 16.0 Å². The van der Waals surface area contributed by atoms with Crippen LogP contribution in [0.25, 0.3) is 0 Å². The summed E-state index contributed by atoms with van der Waals surface area (Å²) in [5.74, 6) is -1.53. The number of carbonyl (C=O) groups excluding carboxylic acids is 3. The highest BCUT2D eigenvalue weighted by Gasteiger charge is 2.38. The minimum absolute atomic E-state index is 0.0207. The van der Waals surface area contributed by atoms with E-state index in [4.69, 9.17) is 9.47 Å². The zero-order chi connectivity index (χ0) is 28.3. The van der Waals surface area contributed by atoms with E-state index in [0.29, 0.717) is 26.1 Å². The maximum Gasteiger partial charge on any atom is 0.407 e. The first-order chi connectivity index (χ1) is 18.6. The molecule has 1 heterocycles. The Morgan fingerprint density at radius 2 is 1.51 bits per heavy atom. The van der Waals surface area contributed by atoms with E-state index in [1.165, 1.54) is 0 Å². The number of nitrogens with one attached hydrogen (secondary N) is 3. The lowest BCUT2D eigenvalue weighted by atomic mass is 9.84. The molecular weight excluding hydrogens is 498 g/mol. The van der Waals surface area contributed by atoms with Gasteiger partial charge >= 0.3 is 6.09 Å². The van der Waals surface area contributed by atoms with Crippen LogP contribution in [-0.4, -0.2) is 60.5 Å². The minimum atomic E-state index is -1.88. The van der Waals surface area contributed by atoms with Crippen LogP contribution in [0.1, 0.15) is 44.7 Å². The fraction of sp³-hybridized carbons (Fsp3) is 0.500. The Morgan fingerprint density at radius 1 is 0.923 bits per heavy atom. The van der Waals surface area contributed by atoms with Crippen molar-refractivity contribution in [3.05, 3.63) is 71.8 Å². The standard InChI is InChI=1S/C30H41N3O6/c1-29(2,3)39-28(36)32-20-25(24-14-16-38-17-15-24)26(34)33-21-30(37,18-22-10-6-4-7-11-22)27(35)31-19-23-12-8-5-9-13-23/h4-13,24-25,37H,14-21H2,1-3H3,(H,31,35)(H,32,36)(H,33,34)/t25?,30-/m1/s1. The highest BCUT2D eigenvalue weighted by atomic mass is 16.6. The van der Waals surface area contributed by atoms with Gasteiger partial charge in [0.05, 0.1) is 12.5 Å². The molecule has 0 aromatic heterocycles. The summed E-state index contributed by atoms with van der Waals surface area (Å²) in [5, 5.41) is 19.9. The summed E-state index contributed by atoms with van der Waals surface area (Å²) in [5.41, 5.74) is -0.895. The van der Waals surface area contributed by atoms with Crippen LogP contribution in [0, 0.1) is 11.8 Å². The van der Waals surface area contributed by atoms with Crippen molar-refractivity contribution in [1.29, 1.82) is 0 Å². The van der Waals surface area contributed by atoms with E-state index in [2.05, 4.69) is 16.0 Å². The Balaban J connectivity index is 1.71. The first kappa shape index (κ1) is 30.1. The molecule has 9 nitrogen and oxygen atoms in total. The summed E-state index contributed by atoms with van der Waals surface area (Å²) < 4.78 is 10.8. The molecule has 3 rings (SSSR count). The van der Waals surface area contributed by atoms with Gasteiger partial charge in [-0.1, -0.05) is 60.7 Å². The molecule has 1 fully saturated rings. The molecule has 1 saturated heterocycles. The Kier molecular flexibility index (Phi) is 10.9. The summed E-state index contributed by atoms with van der Waals surface area (Å²) in [6.07, 6.45) is 0.750. The number of benzene rings is 2. The molecule has 0 saturated carbocycles. The van der Waals surface area contributed by atoms with Gasteiger partial charge in [0, 0.05) is 32.7 Å². The molecular formula is C30H41N3O6. The first-order valence-electron chi connectivity index (χ1n) is 13.5. The maximum absolute atomic E-state index is 13.5. The van der Waals surface area contributed by atoms with Gasteiger partial charge in [-0.15, -0.1) is 0 Å². The van der Waals surface area contributed by atoms with Gasteiger partial charge < -0.3 is 30.5 Å². The number of aliphatic hydroxyl groups is 1. The van der Waals surface area contributed by atoms with Crippen molar-refractivity contribution in [3.8, 4) is 0 Å². The van der Waals surface area contributed by atoms with E-state index < -0.39 is 29.1 Å². The average Bonchev–Trinajstić information content (AvgIpc) is 2.91. The number of alkyl carbamates (subject to hydrolysis) is 1. The molecule has 0 radical (unpaired) electrons. The number of amides is 3. The minimum Gasteiger partial charge on any atom is -0.444 e. The van der Waals surface area contributed by atoms with Gasteiger partial charge in [-0.05, 0) is 50.7 Å². The van der Waals surface area contributed by atoms with Crippen LogP contribution in [0.2, 0.25) is 0 Å². The summed E-state index contributed by atoms with van der Waals surface area (Å²) in [7, 11) is 0. The first-order valence-corrected chi connectivity index (χ1v) is 13.5. The molecule has 0 spiro atoms. The third kappa shape index (κ3) is 10.00. The largest absolute Gasteiger partial charge is 0.444 e. The van der Waals surface area contributed by atoms with E-state index in [9.17, 15) is 19.5 Å². The van der Waals surface area contributed by atoms with E-state index in [1.807, 2.05) is 60.7 Å². The van der Waals surface area contributed by atoms with Crippen LogP contribution in [0.5, 0.6) is 0 Å². The molecule has 0 bridgehead atoms. The molecule has 212 valence electrons. The number of carbonyl (C=O) groups is 3. The molecule has 1 aliphatic rings. The molecule has 39 heavy (non-hydrogen) atoms. The molecule has 2 atom stereocenters. The van der Waals surface area contributed by atoms with Crippen molar-refractivity contribution < 1.29 is 29.0 Å². The summed E-state index contributed by atoms with van der Waals surface area (Å²) in [4.78, 5) is 39.0. The Hall–Kier alpha value is -3.43. The van der Waals surface area contributed by atoms with Gasteiger partial charge in [-0.25, -0.2) is 4.79 Å². The second-order valence-electron chi connectivity index (χ2n) is 11.0. The summed E-state index contributed by atoms with van der Waals surface area (Å²) >= 11 is 0. The van der Waals surface area contributed by atoms with E-state index in [1.54, 1.807) is 20.8 Å². The number of ether oxygens (including phenoxy) is 2. The van der Waals surface area contributed by atoms with Gasteiger partial charge in [0.2, 0.25) is 5.91 Å². The second kappa shape index (κ2) is 14.1. The topological polar surface area (TPSA) is 126 Å². The van der Waals surface area contributed by atoms with Crippen molar-refractivity contribution in [3.63, 3.8) is 0 Å². The molecule has 1 aliphatic heterocycles. The quantitative estimate of drug-likeness (QED) is 0.348. The number of rotatable bonds is 11. The van der Waals surface area contributed by atoms with Crippen molar-refractivity contribution >= 4 is 17.9 Å². The fourth-order valence-corrected chi connectivity index (χ4v) is 4.56. The highest BCUT2D eigenvalue weighted by molar-refractivity contribution is 5.87. The Morgan fingerprint density at radius 3 is 2.10 bits per heavy atom. The molecule has 4 N–H and O–H groups in total. The molecule has 9 heteroatoms. The van der Waals surface area contributed by atoms with Crippen LogP contribution in [0.4, 0.5) is 4.79 Å². The molecule has 0 aliphatic carbocycles. The van der Waals surface area contributed by atoms with Crippen molar-refractivity contribution in [2.24, 2.45) is 11.8 Å². The Labute approximate surface area is 230 Å². The second-order valence-corrected chi connectivity index (χ2v) is 11.0. The number of hydrogen-bond donors (Lipinski definition) is 4. The highest BCUT2D eigenvalue weighted by Crippen LogP contribution is 2.24. The number of hydrogen-bond acceptors (Lipinski definition) is 6. The van der Waals surface area contributed by atoms with Crippen LogP contribution in [-0.2, 0) is 32.0 Å². The average molecular weight is 540 g/mol. The maximum atomic E-state index is 13.5. The normalized spacial score (nSPS) is 16.4. The SMILES string of the molecule is CC(C)(C)OC(=O)NCC(C(=O)NC[C@](O)(Cc1ccccc1)C(=O)NCc1ccccc1)C1CCOCC1. The summed E-state index contributed by atoms with van der Waals surface area (Å²) in [6, 6.07) is 18.6. The molecule has 2 aromatic carbocycles. The zero-order valence-electron chi connectivity index (χ0n) is 23.1. The third-order valence-corrected chi connectivity index (χ3v) is 6.65. The lowest BCUT2D eigenvalue weighted by molar-refractivity contribution is -0.141. The third-order valence-electron chi connectivity index (χ3n) is 6.65. The molecule has 3 amide bonds. The van der Waals surface area contributed by atoms with Gasteiger partial charge in [-0.3, -0.25) is 9.59 Å². The van der Waals surface area contributed by atoms with Crippen LogP contribution in [0.3, 0.4) is 0 Å². The lowest BCUT2D eigenvalue weighted by Crippen LogP contribution is -2.56.